The second-order valence-corrected chi connectivity index (χ2v) is 3.49. The van der Waals surface area contributed by atoms with Crippen LogP contribution in [0.25, 0.3) is 0 Å². The third kappa shape index (κ3) is 6.47. The van der Waals surface area contributed by atoms with Crippen molar-refractivity contribution in [2.45, 2.75) is 38.5 Å². The first-order valence-corrected chi connectivity index (χ1v) is 5.54. The lowest BCUT2D eigenvalue weighted by Crippen LogP contribution is -1.72. The van der Waals surface area contributed by atoms with Crippen molar-refractivity contribution in [1.82, 2.24) is 0 Å². The van der Waals surface area contributed by atoms with Crippen LogP contribution in [0.3, 0.4) is 0 Å². The quantitative estimate of drug-likeness (QED) is 0.528. The van der Waals surface area contributed by atoms with Crippen molar-refractivity contribution in [3.8, 4) is 0 Å². The van der Waals surface area contributed by atoms with E-state index >= 15 is 0 Å². The maximum atomic E-state index is 3.18. The van der Waals surface area contributed by atoms with E-state index in [2.05, 4.69) is 42.5 Å². The molecule has 0 amide bonds. The van der Waals surface area contributed by atoms with Crippen LogP contribution >= 0.6 is 0 Å². The summed E-state index contributed by atoms with van der Waals surface area (Å²) in [6, 6.07) is 0. The Morgan fingerprint density at radius 3 is 2.29 bits per heavy atom. The van der Waals surface area contributed by atoms with E-state index in [0.717, 1.165) is 12.8 Å². The SMILES string of the molecule is [C]1=CCCC=CC=CCCCCC=C1. The standard InChI is InChI=1S/C14H19/c1-2-4-6-8-10-12-14-13-11-9-7-5-3-1/h1-4,9,13-14H,5-8,10,12H2. The van der Waals surface area contributed by atoms with Crippen LogP contribution in [0.4, 0.5) is 0 Å². The molecule has 0 N–H and O–H groups in total. The minimum Gasteiger partial charge on any atom is -0.0845 e. The van der Waals surface area contributed by atoms with E-state index in [9.17, 15) is 0 Å². The van der Waals surface area contributed by atoms with Crippen LogP contribution in [0, 0.1) is 6.08 Å². The molecule has 1 aliphatic rings. The summed E-state index contributed by atoms with van der Waals surface area (Å²) in [7, 11) is 0. The van der Waals surface area contributed by atoms with Gasteiger partial charge in [-0.2, -0.15) is 0 Å². The second kappa shape index (κ2) is 8.55. The van der Waals surface area contributed by atoms with Crippen molar-refractivity contribution in [2.75, 3.05) is 0 Å². The zero-order chi connectivity index (χ0) is 9.90. The van der Waals surface area contributed by atoms with Gasteiger partial charge in [0, 0.05) is 0 Å². The van der Waals surface area contributed by atoms with E-state index < -0.39 is 0 Å². The fourth-order valence-electron chi connectivity index (χ4n) is 1.36. The summed E-state index contributed by atoms with van der Waals surface area (Å²) in [5, 5.41) is 0. The summed E-state index contributed by atoms with van der Waals surface area (Å²) in [5.74, 6) is 0. The fourth-order valence-corrected chi connectivity index (χ4v) is 1.36. The van der Waals surface area contributed by atoms with Gasteiger partial charge in [-0.25, -0.2) is 0 Å². The van der Waals surface area contributed by atoms with Crippen LogP contribution in [0.1, 0.15) is 38.5 Å². The highest BCUT2D eigenvalue weighted by molar-refractivity contribution is 5.03. The van der Waals surface area contributed by atoms with Crippen molar-refractivity contribution in [1.29, 1.82) is 0 Å². The van der Waals surface area contributed by atoms with Crippen LogP contribution < -0.4 is 0 Å². The van der Waals surface area contributed by atoms with Gasteiger partial charge in [0.25, 0.3) is 0 Å². The molecule has 0 fully saturated rings. The van der Waals surface area contributed by atoms with Gasteiger partial charge in [0.15, 0.2) is 0 Å². The molecule has 0 unspecified atom stereocenters. The third-order valence-corrected chi connectivity index (χ3v) is 2.18. The normalized spacial score (nSPS) is 19.4. The van der Waals surface area contributed by atoms with Crippen molar-refractivity contribution in [3.05, 3.63) is 48.6 Å². The maximum absolute atomic E-state index is 3.18. The Balaban J connectivity index is 2.34. The van der Waals surface area contributed by atoms with Gasteiger partial charge in [-0.05, 0) is 44.6 Å². The highest BCUT2D eigenvalue weighted by Gasteiger charge is 1.83. The number of hydrogen-bond acceptors (Lipinski definition) is 0. The molecule has 0 spiro atoms. The summed E-state index contributed by atoms with van der Waals surface area (Å²) >= 11 is 0. The van der Waals surface area contributed by atoms with E-state index in [0.29, 0.717) is 0 Å². The van der Waals surface area contributed by atoms with Gasteiger partial charge in [0.05, 0.1) is 0 Å². The monoisotopic (exact) mass is 187 g/mol. The predicted molar refractivity (Wildman–Crippen MR) is 62.9 cm³/mol. The topological polar surface area (TPSA) is 0 Å². The Labute approximate surface area is 87.7 Å². The van der Waals surface area contributed by atoms with E-state index in [1.54, 1.807) is 0 Å². The average molecular weight is 187 g/mol. The molecular formula is C14H19. The first-order valence-electron chi connectivity index (χ1n) is 5.54. The number of hydrogen-bond donors (Lipinski definition) is 0. The lowest BCUT2D eigenvalue weighted by Gasteiger charge is -1.92. The Bertz CT molecular complexity index is 202. The van der Waals surface area contributed by atoms with Crippen LogP contribution in [-0.4, -0.2) is 0 Å². The number of allylic oxidation sites excluding steroid dienone is 8. The molecule has 0 aliphatic heterocycles. The third-order valence-electron chi connectivity index (χ3n) is 2.18. The summed E-state index contributed by atoms with van der Waals surface area (Å²) < 4.78 is 0. The molecule has 0 nitrogen and oxygen atoms in total. The van der Waals surface area contributed by atoms with Gasteiger partial charge in [0.2, 0.25) is 0 Å². The van der Waals surface area contributed by atoms with E-state index in [-0.39, 0.29) is 0 Å². The van der Waals surface area contributed by atoms with Crippen LogP contribution in [0.5, 0.6) is 0 Å². The minimum absolute atomic E-state index is 1.09. The molecule has 0 aromatic heterocycles. The Morgan fingerprint density at radius 1 is 0.714 bits per heavy atom. The largest absolute Gasteiger partial charge is 0.0845 e. The van der Waals surface area contributed by atoms with Crippen molar-refractivity contribution >= 4 is 0 Å². The Morgan fingerprint density at radius 2 is 1.43 bits per heavy atom. The average Bonchev–Trinajstić information content (AvgIpc) is 2.22. The lowest BCUT2D eigenvalue weighted by molar-refractivity contribution is 0.762. The molecule has 14 heavy (non-hydrogen) atoms. The molecule has 1 aliphatic carbocycles. The van der Waals surface area contributed by atoms with Crippen molar-refractivity contribution in [3.63, 3.8) is 0 Å². The second-order valence-electron chi connectivity index (χ2n) is 3.49. The first kappa shape index (κ1) is 11.0. The number of rotatable bonds is 0. The molecule has 0 atom stereocenters. The van der Waals surface area contributed by atoms with Gasteiger partial charge in [-0.15, -0.1) is 0 Å². The van der Waals surface area contributed by atoms with Gasteiger partial charge in [-0.1, -0.05) is 42.5 Å². The fraction of sp³-hybridized carbons (Fsp3) is 0.429. The Hall–Kier alpha value is -1.04. The maximum Gasteiger partial charge on any atom is -0.0230 e. The highest BCUT2D eigenvalue weighted by Crippen LogP contribution is 2.03. The zero-order valence-corrected chi connectivity index (χ0v) is 8.78. The molecule has 1 radical (unpaired) electrons. The first-order chi connectivity index (χ1) is 7.00. The molecule has 0 bridgehead atoms. The summed E-state index contributed by atoms with van der Waals surface area (Å²) in [4.78, 5) is 0. The molecule has 0 aromatic rings. The van der Waals surface area contributed by atoms with Gasteiger partial charge < -0.3 is 0 Å². The zero-order valence-electron chi connectivity index (χ0n) is 8.78. The molecule has 1 rings (SSSR count). The van der Waals surface area contributed by atoms with E-state index in [1.807, 2.05) is 6.08 Å². The highest BCUT2D eigenvalue weighted by atomic mass is 13.9. The molecule has 75 valence electrons. The van der Waals surface area contributed by atoms with E-state index in [4.69, 9.17) is 0 Å². The molecule has 0 saturated heterocycles. The summed E-state index contributed by atoms with van der Waals surface area (Å²) in [6.45, 7) is 0. The summed E-state index contributed by atoms with van der Waals surface area (Å²) in [6.07, 6.45) is 25.5. The van der Waals surface area contributed by atoms with Gasteiger partial charge in [0.1, 0.15) is 0 Å². The van der Waals surface area contributed by atoms with E-state index in [1.165, 1.54) is 25.7 Å². The molecule has 0 heterocycles. The van der Waals surface area contributed by atoms with Crippen molar-refractivity contribution < 1.29 is 0 Å². The minimum atomic E-state index is 1.09. The van der Waals surface area contributed by atoms with Crippen LogP contribution in [-0.2, 0) is 0 Å². The molecule has 0 saturated carbocycles. The predicted octanol–water partition coefficient (Wildman–Crippen LogP) is 4.37. The molecule has 0 heteroatoms. The Kier molecular flexibility index (Phi) is 6.74. The smallest absolute Gasteiger partial charge is 0.0230 e. The van der Waals surface area contributed by atoms with Crippen LogP contribution in [0.2, 0.25) is 0 Å². The van der Waals surface area contributed by atoms with Gasteiger partial charge >= 0.3 is 0 Å². The van der Waals surface area contributed by atoms with Crippen molar-refractivity contribution in [2.24, 2.45) is 0 Å². The molecule has 0 aromatic carbocycles. The molecular weight excluding hydrogens is 168 g/mol. The van der Waals surface area contributed by atoms with Gasteiger partial charge in [-0.3, -0.25) is 0 Å². The lowest BCUT2D eigenvalue weighted by atomic mass is 10.1. The van der Waals surface area contributed by atoms with Crippen LogP contribution in [0.15, 0.2) is 42.5 Å². The summed E-state index contributed by atoms with van der Waals surface area (Å²) in [5.41, 5.74) is 0.